The predicted octanol–water partition coefficient (Wildman–Crippen LogP) is 0.648. The Hall–Kier alpha value is -3.62. The minimum Gasteiger partial charge on any atom is -0.499 e. The van der Waals surface area contributed by atoms with Crippen molar-refractivity contribution in [2.24, 2.45) is 0 Å². The minimum absolute atomic E-state index is 0.00715. The van der Waals surface area contributed by atoms with E-state index in [2.05, 4.69) is 9.97 Å². The third-order valence-corrected chi connectivity index (χ3v) is 3.32. The summed E-state index contributed by atoms with van der Waals surface area (Å²) < 4.78 is 11.6. The van der Waals surface area contributed by atoms with Gasteiger partial charge in [-0.1, -0.05) is 30.3 Å². The fraction of sp³-hybridized carbons (Fsp3) is 0.125. The number of hydrogen-bond donors (Lipinski definition) is 2. The zero-order chi connectivity index (χ0) is 17.8. The van der Waals surface area contributed by atoms with Crippen LogP contribution in [0.25, 0.3) is 0 Å². The van der Waals surface area contributed by atoms with E-state index in [0.29, 0.717) is 0 Å². The zero-order valence-electron chi connectivity index (χ0n) is 13.0. The first-order chi connectivity index (χ1) is 12.0. The summed E-state index contributed by atoms with van der Waals surface area (Å²) in [4.78, 5) is 30.4. The average Bonchev–Trinajstić information content (AvgIpc) is 2.87. The van der Waals surface area contributed by atoms with Crippen molar-refractivity contribution in [2.75, 3.05) is 5.73 Å². The molecule has 0 radical (unpaired) electrons. The summed E-state index contributed by atoms with van der Waals surface area (Å²) in [5, 5.41) is 9.82. The van der Waals surface area contributed by atoms with Gasteiger partial charge in [-0.05, 0) is 11.6 Å². The van der Waals surface area contributed by atoms with Gasteiger partial charge in [0.25, 0.3) is 0 Å². The third-order valence-electron chi connectivity index (χ3n) is 3.32. The molecule has 0 saturated heterocycles. The summed E-state index contributed by atoms with van der Waals surface area (Å²) in [6, 6.07) is 9.22. The van der Waals surface area contributed by atoms with E-state index in [9.17, 15) is 14.7 Å². The molecule has 0 aliphatic carbocycles. The molecule has 25 heavy (non-hydrogen) atoms. The fourth-order valence-corrected chi connectivity index (χ4v) is 2.08. The van der Waals surface area contributed by atoms with Gasteiger partial charge in [0, 0.05) is 0 Å². The highest BCUT2D eigenvalue weighted by atomic mass is 16.6. The maximum atomic E-state index is 11.7. The van der Waals surface area contributed by atoms with Crippen LogP contribution in [0.5, 0.6) is 0 Å². The van der Waals surface area contributed by atoms with E-state index < -0.39 is 17.4 Å². The number of esters is 1. The van der Waals surface area contributed by atoms with E-state index in [0.717, 1.165) is 10.1 Å². The quantitative estimate of drug-likeness (QED) is 0.758. The Bertz CT molecular complexity index is 918. The molecule has 0 spiro atoms. The second kappa shape index (κ2) is 6.87. The molecule has 1 aromatic heterocycles. The molecule has 1 aliphatic rings. The van der Waals surface area contributed by atoms with Crippen molar-refractivity contribution < 1.29 is 19.4 Å². The van der Waals surface area contributed by atoms with E-state index >= 15 is 0 Å². The molecule has 1 aromatic carbocycles. The number of allylic oxidation sites excluding steroid dienone is 1. The Kier molecular flexibility index (Phi) is 4.46. The summed E-state index contributed by atoms with van der Waals surface area (Å²) in [6.45, 7) is 0.145. The van der Waals surface area contributed by atoms with Crippen LogP contribution in [0.4, 0.5) is 5.95 Å². The molecule has 3 N–H and O–H groups in total. The van der Waals surface area contributed by atoms with E-state index in [1.807, 2.05) is 30.3 Å². The number of anilines is 1. The van der Waals surface area contributed by atoms with Crippen molar-refractivity contribution in [1.82, 2.24) is 14.5 Å². The largest absolute Gasteiger partial charge is 0.499 e. The number of aliphatic hydroxyl groups is 1. The molecule has 0 atom stereocenters. The van der Waals surface area contributed by atoms with Gasteiger partial charge in [0.1, 0.15) is 12.9 Å². The Labute approximate surface area is 141 Å². The monoisotopic (exact) mass is 342 g/mol. The summed E-state index contributed by atoms with van der Waals surface area (Å²) >= 11 is 0. The van der Waals surface area contributed by atoms with Crippen LogP contribution in [0.1, 0.15) is 5.56 Å². The summed E-state index contributed by atoms with van der Waals surface area (Å²) in [5.41, 5.74) is 5.57. The van der Waals surface area contributed by atoms with Crippen LogP contribution >= 0.6 is 0 Å². The average molecular weight is 342 g/mol. The lowest BCUT2D eigenvalue weighted by molar-refractivity contribution is -0.135. The minimum atomic E-state index is -0.921. The van der Waals surface area contributed by atoms with Crippen LogP contribution in [0.15, 0.2) is 64.8 Å². The van der Waals surface area contributed by atoms with Gasteiger partial charge in [-0.25, -0.2) is 14.6 Å². The van der Waals surface area contributed by atoms with E-state index in [1.165, 1.54) is 12.4 Å². The number of nitrogens with two attached hydrogens (primary N) is 1. The van der Waals surface area contributed by atoms with Crippen molar-refractivity contribution >= 4 is 11.9 Å². The van der Waals surface area contributed by atoms with Crippen LogP contribution < -0.4 is 11.4 Å². The number of aromatic nitrogens is 3. The molecule has 128 valence electrons. The van der Waals surface area contributed by atoms with E-state index in [1.54, 1.807) is 0 Å². The van der Waals surface area contributed by atoms with Crippen molar-refractivity contribution in [3.05, 3.63) is 76.1 Å². The molecule has 9 heteroatoms. The molecule has 9 nitrogen and oxygen atoms in total. The second-order valence-corrected chi connectivity index (χ2v) is 5.06. The Morgan fingerprint density at radius 2 is 2.04 bits per heavy atom. The van der Waals surface area contributed by atoms with Crippen LogP contribution in [-0.2, 0) is 27.4 Å². The first kappa shape index (κ1) is 16.2. The number of aliphatic hydroxyl groups excluding tert-OH is 1. The van der Waals surface area contributed by atoms with Gasteiger partial charge in [-0.15, -0.1) is 0 Å². The van der Waals surface area contributed by atoms with Gasteiger partial charge in [-0.3, -0.25) is 4.57 Å². The fourth-order valence-electron chi connectivity index (χ4n) is 2.08. The number of carbonyl (C=O) groups excluding carboxylic acids is 1. The first-order valence-corrected chi connectivity index (χ1v) is 7.26. The molecule has 0 saturated carbocycles. The number of nitrogen functional groups attached to an aromatic ring is 1. The molecule has 2 aromatic rings. The molecule has 0 bridgehead atoms. The van der Waals surface area contributed by atoms with Crippen LogP contribution in [0.3, 0.4) is 0 Å². The highest BCUT2D eigenvalue weighted by Gasteiger charge is 2.31. The topological polar surface area (TPSA) is 130 Å². The number of cyclic esters (lactones) is 1. The lowest BCUT2D eigenvalue weighted by Crippen LogP contribution is -2.24. The van der Waals surface area contributed by atoms with Crippen LogP contribution in [0.2, 0.25) is 0 Å². The predicted molar refractivity (Wildman–Crippen MR) is 85.8 cm³/mol. The van der Waals surface area contributed by atoms with Gasteiger partial charge >= 0.3 is 11.7 Å². The lowest BCUT2D eigenvalue weighted by atomic mass is 10.2. The molecule has 2 heterocycles. The maximum absolute atomic E-state index is 11.7. The van der Waals surface area contributed by atoms with Gasteiger partial charge in [0.2, 0.25) is 17.5 Å². The smallest absolute Gasteiger partial charge is 0.383 e. The van der Waals surface area contributed by atoms with Gasteiger partial charge in [0.05, 0.1) is 6.54 Å². The molecule has 3 rings (SSSR count). The number of rotatable bonds is 5. The molecule has 0 fully saturated rings. The van der Waals surface area contributed by atoms with Crippen molar-refractivity contribution in [1.29, 1.82) is 0 Å². The molecule has 1 aliphatic heterocycles. The standard InChI is InChI=1S/C16H14N4O5/c17-15-18-9-20(16(23)19-15)7-6-11-13(12(21)14(22)25-11)24-8-10-4-2-1-3-5-10/h1-6,9,21H,7-8H2,(H2,17,19,23)/b11-6-. The number of nitrogens with zero attached hydrogens (tertiary/aromatic N) is 3. The third kappa shape index (κ3) is 3.66. The lowest BCUT2D eigenvalue weighted by Gasteiger charge is -2.08. The first-order valence-electron chi connectivity index (χ1n) is 7.26. The zero-order valence-corrected chi connectivity index (χ0v) is 13.0. The number of benzene rings is 1. The number of ether oxygens (including phenoxy) is 2. The van der Waals surface area contributed by atoms with Crippen molar-refractivity contribution in [2.45, 2.75) is 13.2 Å². The summed E-state index contributed by atoms with van der Waals surface area (Å²) in [5.74, 6) is -1.75. The van der Waals surface area contributed by atoms with Gasteiger partial charge in [0.15, 0.2) is 5.76 Å². The van der Waals surface area contributed by atoms with E-state index in [4.69, 9.17) is 15.2 Å². The van der Waals surface area contributed by atoms with E-state index in [-0.39, 0.29) is 30.6 Å². The highest BCUT2D eigenvalue weighted by molar-refractivity contribution is 5.91. The number of carbonyl (C=O) groups is 1. The van der Waals surface area contributed by atoms with Gasteiger partial charge in [-0.2, -0.15) is 4.98 Å². The molecule has 0 unspecified atom stereocenters. The summed E-state index contributed by atoms with van der Waals surface area (Å²) in [6.07, 6.45) is 2.62. The molecular weight excluding hydrogens is 328 g/mol. The van der Waals surface area contributed by atoms with Crippen molar-refractivity contribution in [3.63, 3.8) is 0 Å². The number of hydrogen-bond acceptors (Lipinski definition) is 8. The normalized spacial score (nSPS) is 15.5. The Morgan fingerprint density at radius 1 is 1.28 bits per heavy atom. The Morgan fingerprint density at radius 3 is 2.76 bits per heavy atom. The highest BCUT2D eigenvalue weighted by Crippen LogP contribution is 2.26. The van der Waals surface area contributed by atoms with Crippen LogP contribution in [0, 0.1) is 0 Å². The van der Waals surface area contributed by atoms with Crippen LogP contribution in [-0.4, -0.2) is 25.6 Å². The van der Waals surface area contributed by atoms with Crippen molar-refractivity contribution in [3.8, 4) is 0 Å². The second-order valence-electron chi connectivity index (χ2n) is 5.06. The van der Waals surface area contributed by atoms with Gasteiger partial charge < -0.3 is 20.3 Å². The SMILES string of the molecule is Nc1ncn(C/C=C2\OC(=O)C(O)=C2OCc2ccccc2)c(=O)n1. The molecular formula is C16H14N4O5. The molecule has 0 amide bonds. The summed E-state index contributed by atoms with van der Waals surface area (Å²) in [7, 11) is 0. The maximum Gasteiger partial charge on any atom is 0.383 e. The Balaban J connectivity index is 1.77.